The van der Waals surface area contributed by atoms with Gasteiger partial charge in [0.25, 0.3) is 5.79 Å². The standard InChI is InChI=1S/C33H57N3O25/c1-10(42)34-12(4-37)27(22(49)15(46)9-56-33(32(54)55)3-13(44)19(36-18(47)8-41)29(61-33)21(48)14(45)5-38)59-30-20(35-11(2)43)24(51)28(17(7-40)58-30)60-31-26(53)25(52)23(50)16(6-39)57-31/h12-17,19-31,37-41,44-46,48-53H,3-9H2,1-2H3,(H,34,42)(H,35,43)(H,36,47)(H,54,55)/t12-,13-,14+,15+,16+,17+,19+,20+,21+,22-,23-,24+,25-,26+,27+,28+,29+,30-,31-,33+/m0/s1. The smallest absolute Gasteiger partial charge is 0.364 e. The van der Waals surface area contributed by atoms with Crippen LogP contribution >= 0.6 is 0 Å². The molecule has 28 nitrogen and oxygen atoms in total. The molecule has 18 N–H and O–H groups in total. The van der Waals surface area contributed by atoms with Crippen LogP contribution in [0.1, 0.15) is 20.3 Å². The number of carbonyl (C=O) groups excluding carboxylic acids is 3. The summed E-state index contributed by atoms with van der Waals surface area (Å²) in [6.45, 7) is -4.53. The summed E-state index contributed by atoms with van der Waals surface area (Å²) in [5, 5.41) is 162. The van der Waals surface area contributed by atoms with E-state index in [9.17, 15) is 95.8 Å². The fourth-order valence-corrected chi connectivity index (χ4v) is 6.95. The van der Waals surface area contributed by atoms with Gasteiger partial charge in [-0.05, 0) is 0 Å². The Balaban J connectivity index is 1.94. The van der Waals surface area contributed by atoms with Gasteiger partial charge >= 0.3 is 5.97 Å². The summed E-state index contributed by atoms with van der Waals surface area (Å²) in [6, 6.07) is -5.21. The summed E-state index contributed by atoms with van der Waals surface area (Å²) in [7, 11) is 0. The molecule has 3 aliphatic heterocycles. The van der Waals surface area contributed by atoms with Crippen LogP contribution in [-0.2, 0) is 47.6 Å². The van der Waals surface area contributed by atoms with Gasteiger partial charge in [-0.2, -0.15) is 0 Å². The Morgan fingerprint density at radius 3 is 1.90 bits per heavy atom. The van der Waals surface area contributed by atoms with E-state index in [2.05, 4.69) is 16.0 Å². The number of hydrogen-bond acceptors (Lipinski definition) is 24. The van der Waals surface area contributed by atoms with Crippen LogP contribution < -0.4 is 16.0 Å². The minimum absolute atomic E-state index is 0.846. The van der Waals surface area contributed by atoms with E-state index in [0.717, 1.165) is 13.8 Å². The van der Waals surface area contributed by atoms with Crippen molar-refractivity contribution in [2.75, 3.05) is 39.6 Å². The molecule has 61 heavy (non-hydrogen) atoms. The van der Waals surface area contributed by atoms with Gasteiger partial charge in [0.05, 0.1) is 51.2 Å². The van der Waals surface area contributed by atoms with Gasteiger partial charge in [0, 0.05) is 20.3 Å². The van der Waals surface area contributed by atoms with Gasteiger partial charge in [0.2, 0.25) is 17.7 Å². The maximum Gasteiger partial charge on any atom is 0.364 e. The third-order valence-electron chi connectivity index (χ3n) is 10.1. The number of carboxylic acid groups (broad SMARTS) is 1. The lowest BCUT2D eigenvalue weighted by Crippen LogP contribution is -2.69. The highest BCUT2D eigenvalue weighted by Gasteiger charge is 2.57. The average Bonchev–Trinajstić information content (AvgIpc) is 3.22. The number of carbonyl (C=O) groups is 4. The monoisotopic (exact) mass is 895 g/mol. The third kappa shape index (κ3) is 12.6. The summed E-state index contributed by atoms with van der Waals surface area (Å²) in [4.78, 5) is 49.1. The first-order chi connectivity index (χ1) is 28.6. The van der Waals surface area contributed by atoms with Crippen molar-refractivity contribution in [3.05, 3.63) is 0 Å². The summed E-state index contributed by atoms with van der Waals surface area (Å²) >= 11 is 0. The molecule has 3 amide bonds. The SMILES string of the molecule is CC(=O)N[C@H]1[C@H](O[C@@H]([C@@H](O)[C@H](O)CO[C@]2(C(=O)O)C[C@H](O)[C@@H](NC(=O)CO)[C@H]([C@H](O)[C@H](O)CO)O2)[C@H](CO)NC(C)=O)O[C@H](CO)[C@@H](O[C@@H]2O[C@H](CO)[C@H](O)[C@H](O)[C@H]2O)[C@@H]1O. The van der Waals surface area contributed by atoms with E-state index in [1.165, 1.54) is 0 Å². The van der Waals surface area contributed by atoms with E-state index < -0.39 is 192 Å². The molecule has 3 heterocycles. The molecule has 0 aromatic rings. The quantitative estimate of drug-likeness (QED) is 0.0509. The normalized spacial score (nSPS) is 37.3. The second kappa shape index (κ2) is 23.1. The topological polar surface area (TPSA) is 463 Å². The van der Waals surface area contributed by atoms with Crippen LogP contribution in [0.25, 0.3) is 0 Å². The van der Waals surface area contributed by atoms with Gasteiger partial charge in [0.15, 0.2) is 12.6 Å². The van der Waals surface area contributed by atoms with Crippen molar-refractivity contribution in [3.8, 4) is 0 Å². The molecule has 3 fully saturated rings. The van der Waals surface area contributed by atoms with Gasteiger partial charge in [-0.3, -0.25) is 14.4 Å². The van der Waals surface area contributed by atoms with E-state index in [-0.39, 0.29) is 0 Å². The average molecular weight is 896 g/mol. The van der Waals surface area contributed by atoms with Crippen molar-refractivity contribution in [2.24, 2.45) is 0 Å². The summed E-state index contributed by atoms with van der Waals surface area (Å²) < 4.78 is 33.4. The molecule has 0 aliphatic carbocycles. The Hall–Kier alpha value is -2.92. The number of rotatable bonds is 21. The molecule has 3 rings (SSSR count). The first kappa shape index (κ1) is 52.4. The van der Waals surface area contributed by atoms with E-state index in [1.54, 1.807) is 0 Å². The van der Waals surface area contributed by atoms with Crippen molar-refractivity contribution < 1.29 is 124 Å². The number of carboxylic acids is 1. The minimum atomic E-state index is -3.05. The Labute approximate surface area is 345 Å². The largest absolute Gasteiger partial charge is 0.477 e. The number of hydrogen-bond donors (Lipinski definition) is 18. The van der Waals surface area contributed by atoms with Crippen molar-refractivity contribution in [3.63, 3.8) is 0 Å². The highest BCUT2D eigenvalue weighted by molar-refractivity contribution is 5.78. The molecule has 0 aromatic carbocycles. The Bertz CT molecular complexity index is 1430. The number of nitrogens with one attached hydrogen (secondary N) is 3. The number of aliphatic hydroxyl groups excluding tert-OH is 14. The summed E-state index contributed by atoms with van der Waals surface area (Å²) in [5.41, 5.74) is 0. The number of aliphatic carboxylic acids is 1. The fraction of sp³-hybridized carbons (Fsp3) is 0.879. The number of amides is 3. The lowest BCUT2D eigenvalue weighted by Gasteiger charge is -2.48. The molecule has 3 saturated heterocycles. The highest BCUT2D eigenvalue weighted by atomic mass is 16.7. The van der Waals surface area contributed by atoms with Crippen LogP contribution in [0.3, 0.4) is 0 Å². The van der Waals surface area contributed by atoms with Crippen molar-refractivity contribution >= 4 is 23.7 Å². The Morgan fingerprint density at radius 2 is 1.38 bits per heavy atom. The van der Waals surface area contributed by atoms with Gasteiger partial charge in [-0.15, -0.1) is 0 Å². The number of aliphatic hydroxyl groups is 14. The third-order valence-corrected chi connectivity index (χ3v) is 10.1. The maximum atomic E-state index is 12.6. The molecule has 20 atom stereocenters. The second-order valence-corrected chi connectivity index (χ2v) is 14.6. The van der Waals surface area contributed by atoms with E-state index in [4.69, 9.17) is 28.4 Å². The van der Waals surface area contributed by atoms with E-state index in [1.807, 2.05) is 0 Å². The van der Waals surface area contributed by atoms with Gasteiger partial charge in [-0.1, -0.05) is 0 Å². The zero-order valence-electron chi connectivity index (χ0n) is 32.7. The van der Waals surface area contributed by atoms with Gasteiger partial charge in [-0.25, -0.2) is 4.79 Å². The van der Waals surface area contributed by atoms with E-state index in [0.29, 0.717) is 0 Å². The molecule has 28 heteroatoms. The second-order valence-electron chi connectivity index (χ2n) is 14.6. The van der Waals surface area contributed by atoms with Crippen LogP contribution in [0.5, 0.6) is 0 Å². The van der Waals surface area contributed by atoms with E-state index >= 15 is 0 Å². The molecule has 354 valence electrons. The highest BCUT2D eigenvalue weighted by Crippen LogP contribution is 2.35. The van der Waals surface area contributed by atoms with Crippen LogP contribution in [-0.4, -0.2) is 262 Å². The molecule has 0 bridgehead atoms. The summed E-state index contributed by atoms with van der Waals surface area (Å²) in [5.74, 6) is -7.91. The zero-order chi connectivity index (χ0) is 46.1. The lowest BCUT2D eigenvalue weighted by molar-refractivity contribution is -0.354. The molecule has 0 aromatic heterocycles. The molecular weight excluding hydrogens is 838 g/mol. The molecule has 0 radical (unpaired) electrons. The molecule has 0 spiro atoms. The molecule has 3 aliphatic rings. The van der Waals surface area contributed by atoms with Crippen LogP contribution in [0.2, 0.25) is 0 Å². The zero-order valence-corrected chi connectivity index (χ0v) is 32.7. The minimum Gasteiger partial charge on any atom is -0.477 e. The fourth-order valence-electron chi connectivity index (χ4n) is 6.95. The van der Waals surface area contributed by atoms with Crippen LogP contribution in [0, 0.1) is 0 Å². The van der Waals surface area contributed by atoms with Gasteiger partial charge < -0.3 is 121 Å². The molecule has 0 unspecified atom stereocenters. The van der Waals surface area contributed by atoms with Gasteiger partial charge in [0.1, 0.15) is 92.0 Å². The first-order valence-corrected chi connectivity index (χ1v) is 18.8. The maximum absolute atomic E-state index is 12.6. The van der Waals surface area contributed by atoms with Crippen molar-refractivity contribution in [2.45, 2.75) is 142 Å². The van der Waals surface area contributed by atoms with Crippen LogP contribution in [0.4, 0.5) is 0 Å². The van der Waals surface area contributed by atoms with Crippen molar-refractivity contribution in [1.29, 1.82) is 0 Å². The summed E-state index contributed by atoms with van der Waals surface area (Å²) in [6.07, 6.45) is -32.8. The first-order valence-electron chi connectivity index (χ1n) is 18.8. The predicted octanol–water partition coefficient (Wildman–Crippen LogP) is -11.5. The predicted molar refractivity (Wildman–Crippen MR) is 190 cm³/mol. The Kier molecular flexibility index (Phi) is 19.9. The number of ether oxygens (including phenoxy) is 6. The molecular formula is C33H57N3O25. The van der Waals surface area contributed by atoms with Crippen molar-refractivity contribution in [1.82, 2.24) is 16.0 Å². The molecule has 0 saturated carbocycles. The lowest BCUT2D eigenvalue weighted by atomic mass is 9.88. The Morgan fingerprint density at radius 1 is 0.754 bits per heavy atom. The van der Waals surface area contributed by atoms with Crippen LogP contribution in [0.15, 0.2) is 0 Å².